The van der Waals surface area contributed by atoms with Crippen LogP contribution in [0.25, 0.3) is 0 Å². The molecule has 2 aromatic carbocycles. The number of ether oxygens (including phenoxy) is 1. The Morgan fingerprint density at radius 1 is 1.00 bits per heavy atom. The first-order valence-corrected chi connectivity index (χ1v) is 13.2. The minimum atomic E-state index is -3.45. The Morgan fingerprint density at radius 3 is 2.53 bits per heavy atom. The van der Waals surface area contributed by atoms with E-state index < -0.39 is 9.84 Å². The molecule has 0 saturated carbocycles. The summed E-state index contributed by atoms with van der Waals surface area (Å²) in [5.74, 6) is 0.436. The first-order chi connectivity index (χ1) is 15.4. The smallest absolute Gasteiger partial charge is 0.223 e. The zero-order chi connectivity index (χ0) is 22.6. The van der Waals surface area contributed by atoms with E-state index in [1.165, 1.54) is 5.56 Å². The predicted octanol–water partition coefficient (Wildman–Crippen LogP) is 3.22. The topological polar surface area (TPSA) is 66.9 Å². The summed E-state index contributed by atoms with van der Waals surface area (Å²) in [6, 6.07) is 12.8. The number of piperazine rings is 1. The van der Waals surface area contributed by atoms with Crippen LogP contribution in [0.1, 0.15) is 24.0 Å². The van der Waals surface area contributed by atoms with Crippen LogP contribution in [0.15, 0.2) is 47.4 Å². The highest BCUT2D eigenvalue weighted by molar-refractivity contribution is 7.91. The van der Waals surface area contributed by atoms with Gasteiger partial charge in [0.25, 0.3) is 0 Å². The molecule has 1 heterocycles. The lowest BCUT2D eigenvalue weighted by Gasteiger charge is -2.34. The summed E-state index contributed by atoms with van der Waals surface area (Å²) >= 11 is 6.10. The number of fused-ring (bicyclic) bond motifs is 1. The minimum absolute atomic E-state index is 0.0229. The van der Waals surface area contributed by atoms with Crippen LogP contribution in [-0.4, -0.2) is 69.2 Å². The van der Waals surface area contributed by atoms with Crippen LogP contribution in [0.5, 0.6) is 5.75 Å². The van der Waals surface area contributed by atoms with Gasteiger partial charge in [-0.3, -0.25) is 9.69 Å². The van der Waals surface area contributed by atoms with E-state index in [9.17, 15) is 13.2 Å². The van der Waals surface area contributed by atoms with Crippen molar-refractivity contribution in [3.05, 3.63) is 58.6 Å². The van der Waals surface area contributed by atoms with Crippen LogP contribution < -0.4 is 4.74 Å². The second kappa shape index (κ2) is 10.2. The zero-order valence-electron chi connectivity index (χ0n) is 18.1. The van der Waals surface area contributed by atoms with Gasteiger partial charge in [0.2, 0.25) is 5.91 Å². The second-order valence-corrected chi connectivity index (χ2v) is 10.9. The van der Waals surface area contributed by atoms with Crippen molar-refractivity contribution >= 4 is 27.3 Å². The van der Waals surface area contributed by atoms with Crippen molar-refractivity contribution in [3.8, 4) is 5.75 Å². The molecule has 2 aliphatic rings. The number of amides is 1. The van der Waals surface area contributed by atoms with Crippen LogP contribution in [0, 0.1) is 0 Å². The van der Waals surface area contributed by atoms with Gasteiger partial charge >= 0.3 is 0 Å². The molecule has 8 heteroatoms. The first kappa shape index (κ1) is 23.1. The van der Waals surface area contributed by atoms with Crippen molar-refractivity contribution in [1.29, 1.82) is 0 Å². The summed E-state index contributed by atoms with van der Waals surface area (Å²) in [6.07, 6.45) is 3.06. The van der Waals surface area contributed by atoms with Crippen LogP contribution in [-0.2, 0) is 27.5 Å². The zero-order valence-corrected chi connectivity index (χ0v) is 19.7. The second-order valence-electron chi connectivity index (χ2n) is 8.35. The summed E-state index contributed by atoms with van der Waals surface area (Å²) < 4.78 is 31.2. The number of halogens is 1. The Kier molecular flexibility index (Phi) is 7.38. The highest BCUT2D eigenvalue weighted by atomic mass is 35.5. The van der Waals surface area contributed by atoms with E-state index in [-0.39, 0.29) is 18.1 Å². The SMILES string of the molecule is O=C(CCS(=O)(=O)c1ccc2c(c1)CCC2)N1CCN(CCOc2ccccc2Cl)CC1. The summed E-state index contributed by atoms with van der Waals surface area (Å²) in [5, 5.41) is 0.595. The van der Waals surface area contributed by atoms with E-state index in [2.05, 4.69) is 4.90 Å². The molecule has 0 unspecified atom stereocenters. The average molecular weight is 477 g/mol. The van der Waals surface area contributed by atoms with Gasteiger partial charge in [-0.1, -0.05) is 29.8 Å². The first-order valence-electron chi connectivity index (χ1n) is 11.1. The third kappa shape index (κ3) is 5.63. The molecule has 0 spiro atoms. The molecule has 0 radical (unpaired) electrons. The fourth-order valence-corrected chi connectivity index (χ4v) is 5.77. The molecule has 6 nitrogen and oxygen atoms in total. The molecular formula is C24H29ClN2O4S. The molecule has 172 valence electrons. The monoisotopic (exact) mass is 476 g/mol. The maximum Gasteiger partial charge on any atom is 0.223 e. The Labute approximate surface area is 195 Å². The molecule has 0 bridgehead atoms. The number of rotatable bonds is 8. The van der Waals surface area contributed by atoms with Gasteiger partial charge in [0, 0.05) is 39.1 Å². The Balaban J connectivity index is 1.20. The molecule has 32 heavy (non-hydrogen) atoms. The van der Waals surface area contributed by atoms with E-state index in [1.54, 1.807) is 23.1 Å². The van der Waals surface area contributed by atoms with Gasteiger partial charge in [-0.25, -0.2) is 8.42 Å². The lowest BCUT2D eigenvalue weighted by molar-refractivity contribution is -0.132. The van der Waals surface area contributed by atoms with Crippen molar-refractivity contribution < 1.29 is 17.9 Å². The molecule has 1 amide bonds. The number of aryl methyl sites for hydroxylation is 2. The van der Waals surface area contributed by atoms with Gasteiger partial charge in [-0.15, -0.1) is 0 Å². The molecule has 1 fully saturated rings. The van der Waals surface area contributed by atoms with Crippen LogP contribution >= 0.6 is 11.6 Å². The van der Waals surface area contributed by atoms with E-state index in [0.717, 1.165) is 44.5 Å². The number of carbonyl (C=O) groups excluding carboxylic acids is 1. The van der Waals surface area contributed by atoms with Gasteiger partial charge in [0.15, 0.2) is 9.84 Å². The van der Waals surface area contributed by atoms with Crippen LogP contribution in [0.3, 0.4) is 0 Å². The highest BCUT2D eigenvalue weighted by Gasteiger charge is 2.24. The summed E-state index contributed by atoms with van der Waals surface area (Å²) in [7, 11) is -3.45. The molecule has 0 N–H and O–H groups in total. The van der Waals surface area contributed by atoms with Crippen molar-refractivity contribution in [3.63, 3.8) is 0 Å². The third-order valence-corrected chi connectivity index (χ3v) is 8.27. The maximum absolute atomic E-state index is 12.7. The highest BCUT2D eigenvalue weighted by Crippen LogP contribution is 2.26. The molecule has 0 aromatic heterocycles. The lowest BCUT2D eigenvalue weighted by Crippen LogP contribution is -2.49. The van der Waals surface area contributed by atoms with Gasteiger partial charge in [0.1, 0.15) is 12.4 Å². The number of nitrogens with zero attached hydrogens (tertiary/aromatic N) is 2. The number of benzene rings is 2. The number of carbonyl (C=O) groups is 1. The summed E-state index contributed by atoms with van der Waals surface area (Å²) in [5.41, 5.74) is 2.38. The van der Waals surface area contributed by atoms with Crippen molar-refractivity contribution in [2.75, 3.05) is 45.1 Å². The standard InChI is InChI=1S/C24H29ClN2O4S/c25-22-6-1-2-7-23(22)31-16-15-26-11-13-27(14-12-26)24(28)10-17-32(29,30)21-9-8-19-4-3-5-20(19)18-21/h1-2,6-9,18H,3-5,10-17H2. The predicted molar refractivity (Wildman–Crippen MR) is 125 cm³/mol. The van der Waals surface area contributed by atoms with Crippen molar-refractivity contribution in [2.45, 2.75) is 30.6 Å². The van der Waals surface area contributed by atoms with Gasteiger partial charge < -0.3 is 9.64 Å². The molecule has 4 rings (SSSR count). The van der Waals surface area contributed by atoms with E-state index in [4.69, 9.17) is 16.3 Å². The molecule has 2 aromatic rings. The Hall–Kier alpha value is -2.09. The molecule has 1 aliphatic heterocycles. The average Bonchev–Trinajstić information content (AvgIpc) is 3.27. The fourth-order valence-electron chi connectivity index (χ4n) is 4.31. The van der Waals surface area contributed by atoms with Crippen molar-refractivity contribution in [1.82, 2.24) is 9.80 Å². The number of sulfone groups is 1. The Bertz CT molecular complexity index is 1070. The van der Waals surface area contributed by atoms with E-state index >= 15 is 0 Å². The lowest BCUT2D eigenvalue weighted by atomic mass is 10.1. The maximum atomic E-state index is 12.7. The molecule has 1 saturated heterocycles. The molecular weight excluding hydrogens is 448 g/mol. The van der Waals surface area contributed by atoms with E-state index in [1.807, 2.05) is 24.3 Å². The molecule has 0 atom stereocenters. The quantitative estimate of drug-likeness (QED) is 0.585. The number of para-hydroxylation sites is 1. The minimum Gasteiger partial charge on any atom is -0.491 e. The Morgan fingerprint density at radius 2 is 1.75 bits per heavy atom. The van der Waals surface area contributed by atoms with Crippen LogP contribution in [0.4, 0.5) is 0 Å². The number of hydrogen-bond acceptors (Lipinski definition) is 5. The van der Waals surface area contributed by atoms with Gasteiger partial charge in [-0.2, -0.15) is 0 Å². The largest absolute Gasteiger partial charge is 0.491 e. The summed E-state index contributed by atoms with van der Waals surface area (Å²) in [4.78, 5) is 17.0. The van der Waals surface area contributed by atoms with Crippen LogP contribution in [0.2, 0.25) is 5.02 Å². The van der Waals surface area contributed by atoms with Gasteiger partial charge in [0.05, 0.1) is 15.7 Å². The normalized spacial score (nSPS) is 16.7. The van der Waals surface area contributed by atoms with E-state index in [0.29, 0.717) is 35.4 Å². The van der Waals surface area contributed by atoms with Gasteiger partial charge in [-0.05, 0) is 54.7 Å². The fraction of sp³-hybridized carbons (Fsp3) is 0.458. The van der Waals surface area contributed by atoms with Crippen molar-refractivity contribution in [2.24, 2.45) is 0 Å². The molecule has 1 aliphatic carbocycles. The number of hydrogen-bond donors (Lipinski definition) is 0. The third-order valence-electron chi connectivity index (χ3n) is 6.24. The summed E-state index contributed by atoms with van der Waals surface area (Å²) in [6.45, 7) is 3.97.